The average molecular weight is 222 g/mol. The summed E-state index contributed by atoms with van der Waals surface area (Å²) in [6.45, 7) is 1.71. The van der Waals surface area contributed by atoms with E-state index in [4.69, 9.17) is 14.6 Å². The van der Waals surface area contributed by atoms with E-state index < -0.39 is 5.97 Å². The van der Waals surface area contributed by atoms with Gasteiger partial charge in [0.25, 0.3) is 0 Å². The molecule has 0 unspecified atom stereocenters. The van der Waals surface area contributed by atoms with Crippen LogP contribution in [0.1, 0.15) is 12.5 Å². The van der Waals surface area contributed by atoms with E-state index in [1.165, 1.54) is 0 Å². The van der Waals surface area contributed by atoms with Crippen LogP contribution in [0.5, 0.6) is 11.5 Å². The molecule has 4 heteroatoms. The molecule has 1 aromatic rings. The molecular weight excluding hydrogens is 208 g/mol. The Morgan fingerprint density at radius 2 is 2.00 bits per heavy atom. The summed E-state index contributed by atoms with van der Waals surface area (Å²) in [7, 11) is 3.10. The summed E-state index contributed by atoms with van der Waals surface area (Å²) in [5, 5.41) is 8.69. The van der Waals surface area contributed by atoms with Crippen molar-refractivity contribution in [2.24, 2.45) is 0 Å². The smallest absolute Gasteiger partial charge is 0.328 e. The molecule has 1 rings (SSSR count). The van der Waals surface area contributed by atoms with E-state index in [2.05, 4.69) is 0 Å². The third kappa shape index (κ3) is 2.76. The molecule has 0 bridgehead atoms. The number of rotatable bonds is 4. The third-order valence-corrected chi connectivity index (χ3v) is 2.17. The number of carboxylic acids is 1. The summed E-state index contributed by atoms with van der Waals surface area (Å²) in [5.74, 6) is 0.298. The van der Waals surface area contributed by atoms with Gasteiger partial charge in [-0.15, -0.1) is 0 Å². The second-order valence-corrected chi connectivity index (χ2v) is 3.23. The molecule has 0 fully saturated rings. The topological polar surface area (TPSA) is 55.8 Å². The van der Waals surface area contributed by atoms with Crippen LogP contribution in [-0.2, 0) is 4.79 Å². The Balaban J connectivity index is 3.23. The van der Waals surface area contributed by atoms with Crippen LogP contribution in [0.15, 0.2) is 24.3 Å². The zero-order valence-electron chi connectivity index (χ0n) is 9.48. The predicted molar refractivity (Wildman–Crippen MR) is 60.8 cm³/mol. The lowest BCUT2D eigenvalue weighted by Gasteiger charge is -2.10. The van der Waals surface area contributed by atoms with Crippen LogP contribution in [0.4, 0.5) is 0 Å². The average Bonchev–Trinajstić information content (AvgIpc) is 2.27. The molecule has 4 nitrogen and oxygen atoms in total. The standard InChI is InChI=1S/C12H14O4/c1-8(6-12(13)14)10-7-9(15-2)4-5-11(10)16-3/h4-7H,1-3H3,(H,13,14)/b8-6-. The Kier molecular flexibility index (Phi) is 3.94. The van der Waals surface area contributed by atoms with Crippen molar-refractivity contribution in [1.82, 2.24) is 0 Å². The van der Waals surface area contributed by atoms with Gasteiger partial charge in [-0.05, 0) is 30.7 Å². The Morgan fingerprint density at radius 1 is 1.31 bits per heavy atom. The maximum absolute atomic E-state index is 10.6. The van der Waals surface area contributed by atoms with Crippen molar-refractivity contribution in [2.45, 2.75) is 6.92 Å². The van der Waals surface area contributed by atoms with Gasteiger partial charge < -0.3 is 14.6 Å². The maximum Gasteiger partial charge on any atom is 0.328 e. The zero-order chi connectivity index (χ0) is 12.1. The Hall–Kier alpha value is -1.97. The molecule has 0 aromatic heterocycles. The van der Waals surface area contributed by atoms with E-state index in [-0.39, 0.29) is 0 Å². The highest BCUT2D eigenvalue weighted by molar-refractivity contribution is 5.90. The Labute approximate surface area is 94.1 Å². The molecule has 1 N–H and O–H groups in total. The Morgan fingerprint density at radius 3 is 2.50 bits per heavy atom. The molecular formula is C12H14O4. The maximum atomic E-state index is 10.6. The minimum absolute atomic E-state index is 0.614. The molecule has 16 heavy (non-hydrogen) atoms. The van der Waals surface area contributed by atoms with Crippen molar-refractivity contribution >= 4 is 11.5 Å². The number of hydrogen-bond donors (Lipinski definition) is 1. The summed E-state index contributed by atoms with van der Waals surface area (Å²) in [4.78, 5) is 10.6. The van der Waals surface area contributed by atoms with E-state index in [1.807, 2.05) is 0 Å². The molecule has 1 aromatic carbocycles. The molecule has 0 spiro atoms. The molecule has 0 saturated carbocycles. The van der Waals surface area contributed by atoms with Crippen LogP contribution in [-0.4, -0.2) is 25.3 Å². The SMILES string of the molecule is COc1ccc(OC)c(/C(C)=C\C(=O)O)c1. The van der Waals surface area contributed by atoms with Gasteiger partial charge in [-0.25, -0.2) is 4.79 Å². The summed E-state index contributed by atoms with van der Waals surface area (Å²) in [6.07, 6.45) is 1.14. The minimum atomic E-state index is -0.984. The number of aliphatic carboxylic acids is 1. The number of methoxy groups -OCH3 is 2. The third-order valence-electron chi connectivity index (χ3n) is 2.17. The number of carbonyl (C=O) groups is 1. The Bertz CT molecular complexity index is 421. The fraction of sp³-hybridized carbons (Fsp3) is 0.250. The molecule has 0 atom stereocenters. The monoisotopic (exact) mass is 222 g/mol. The van der Waals surface area contributed by atoms with E-state index in [0.29, 0.717) is 22.6 Å². The van der Waals surface area contributed by atoms with E-state index in [0.717, 1.165) is 6.08 Å². The first-order valence-corrected chi connectivity index (χ1v) is 4.72. The van der Waals surface area contributed by atoms with Gasteiger partial charge in [0.1, 0.15) is 11.5 Å². The van der Waals surface area contributed by atoms with E-state index in [1.54, 1.807) is 39.3 Å². The second kappa shape index (κ2) is 5.21. The zero-order valence-corrected chi connectivity index (χ0v) is 9.48. The van der Waals surface area contributed by atoms with Crippen LogP contribution in [0.3, 0.4) is 0 Å². The lowest BCUT2D eigenvalue weighted by atomic mass is 10.1. The van der Waals surface area contributed by atoms with Gasteiger partial charge in [-0.2, -0.15) is 0 Å². The van der Waals surface area contributed by atoms with Gasteiger partial charge in [0.05, 0.1) is 14.2 Å². The first-order valence-electron chi connectivity index (χ1n) is 4.72. The van der Waals surface area contributed by atoms with Gasteiger partial charge in [0.2, 0.25) is 0 Å². The van der Waals surface area contributed by atoms with Crippen molar-refractivity contribution in [2.75, 3.05) is 14.2 Å². The van der Waals surface area contributed by atoms with Gasteiger partial charge in [-0.1, -0.05) is 0 Å². The first kappa shape index (κ1) is 12.1. The van der Waals surface area contributed by atoms with Crippen LogP contribution in [0.2, 0.25) is 0 Å². The highest BCUT2D eigenvalue weighted by atomic mass is 16.5. The number of ether oxygens (including phenoxy) is 2. The van der Waals surface area contributed by atoms with Crippen molar-refractivity contribution < 1.29 is 19.4 Å². The van der Waals surface area contributed by atoms with Crippen molar-refractivity contribution in [3.63, 3.8) is 0 Å². The number of benzene rings is 1. The summed E-state index contributed by atoms with van der Waals surface area (Å²) < 4.78 is 10.2. The number of carboxylic acid groups (broad SMARTS) is 1. The normalized spacial score (nSPS) is 11.1. The number of hydrogen-bond acceptors (Lipinski definition) is 3. The van der Waals surface area contributed by atoms with Crippen molar-refractivity contribution in [1.29, 1.82) is 0 Å². The molecule has 0 heterocycles. The summed E-state index contributed by atoms with van der Waals surface area (Å²) >= 11 is 0. The van der Waals surface area contributed by atoms with Crippen LogP contribution in [0.25, 0.3) is 5.57 Å². The summed E-state index contributed by atoms with van der Waals surface area (Å²) in [6, 6.07) is 5.25. The van der Waals surface area contributed by atoms with Crippen molar-refractivity contribution in [3.8, 4) is 11.5 Å². The largest absolute Gasteiger partial charge is 0.497 e. The number of allylic oxidation sites excluding steroid dienone is 1. The van der Waals surface area contributed by atoms with Gasteiger partial charge >= 0.3 is 5.97 Å². The van der Waals surface area contributed by atoms with Gasteiger partial charge in [0, 0.05) is 11.6 Å². The van der Waals surface area contributed by atoms with Gasteiger partial charge in [0.15, 0.2) is 0 Å². The lowest BCUT2D eigenvalue weighted by molar-refractivity contribution is -0.131. The fourth-order valence-electron chi connectivity index (χ4n) is 1.39. The van der Waals surface area contributed by atoms with Crippen molar-refractivity contribution in [3.05, 3.63) is 29.8 Å². The lowest BCUT2D eigenvalue weighted by Crippen LogP contribution is -1.94. The summed E-state index contributed by atoms with van der Waals surface area (Å²) in [5.41, 5.74) is 1.33. The second-order valence-electron chi connectivity index (χ2n) is 3.23. The highest BCUT2D eigenvalue weighted by Crippen LogP contribution is 2.29. The molecule has 86 valence electrons. The highest BCUT2D eigenvalue weighted by Gasteiger charge is 2.07. The van der Waals surface area contributed by atoms with Crippen LogP contribution >= 0.6 is 0 Å². The molecule has 0 saturated heterocycles. The molecule has 0 aliphatic heterocycles. The molecule has 0 amide bonds. The first-order chi connectivity index (χ1) is 7.58. The minimum Gasteiger partial charge on any atom is -0.497 e. The van der Waals surface area contributed by atoms with E-state index >= 15 is 0 Å². The molecule has 0 aliphatic rings. The molecule has 0 aliphatic carbocycles. The predicted octanol–water partition coefficient (Wildman–Crippen LogP) is 2.19. The van der Waals surface area contributed by atoms with E-state index in [9.17, 15) is 4.79 Å². The fourth-order valence-corrected chi connectivity index (χ4v) is 1.39. The van der Waals surface area contributed by atoms with Crippen LogP contribution in [0, 0.1) is 0 Å². The quantitative estimate of drug-likeness (QED) is 0.793. The van der Waals surface area contributed by atoms with Crippen LogP contribution < -0.4 is 9.47 Å². The van der Waals surface area contributed by atoms with Gasteiger partial charge in [-0.3, -0.25) is 0 Å². The molecule has 0 radical (unpaired) electrons.